The van der Waals surface area contributed by atoms with Crippen molar-refractivity contribution in [3.63, 3.8) is 0 Å². The van der Waals surface area contributed by atoms with E-state index in [0.717, 1.165) is 17.3 Å². The molecule has 0 spiro atoms. The zero-order chi connectivity index (χ0) is 18.1. The number of carbonyl (C=O) groups is 1. The number of carbonyl (C=O) groups excluding carboxylic acids is 1. The molecule has 134 valence electrons. The molecule has 1 heterocycles. The molecule has 0 fully saturated rings. The molecule has 0 aliphatic heterocycles. The van der Waals surface area contributed by atoms with Gasteiger partial charge in [0.1, 0.15) is 11.5 Å². The third-order valence-electron chi connectivity index (χ3n) is 3.11. The van der Waals surface area contributed by atoms with Crippen LogP contribution in [0.3, 0.4) is 0 Å². The normalized spacial score (nSPS) is 10.3. The summed E-state index contributed by atoms with van der Waals surface area (Å²) in [6, 6.07) is 7.81. The molecular formula is C16H18N2O6S. The van der Waals surface area contributed by atoms with E-state index in [2.05, 4.69) is 5.32 Å². The summed E-state index contributed by atoms with van der Waals surface area (Å²) in [5.41, 5.74) is -0.159. The van der Waals surface area contributed by atoms with Crippen LogP contribution in [0.5, 0.6) is 11.5 Å². The Kier molecular flexibility index (Phi) is 7.15. The number of nitro benzene ring substituents is 1. The molecule has 1 aromatic carbocycles. The van der Waals surface area contributed by atoms with Crippen LogP contribution in [-0.2, 0) is 10.5 Å². The lowest BCUT2D eigenvalue weighted by Gasteiger charge is -2.08. The number of rotatable bonds is 10. The average Bonchev–Trinajstić information content (AvgIpc) is 3.12. The number of nitrogens with one attached hydrogen (secondary N) is 1. The van der Waals surface area contributed by atoms with Crippen LogP contribution in [0.2, 0.25) is 0 Å². The topological polar surface area (TPSA) is 104 Å². The number of thioether (sulfide) groups is 1. The highest BCUT2D eigenvalue weighted by molar-refractivity contribution is 7.98. The molecule has 1 N–H and O–H groups in total. The molecule has 0 unspecified atom stereocenters. The number of furan rings is 1. The second kappa shape index (κ2) is 9.58. The van der Waals surface area contributed by atoms with Gasteiger partial charge >= 0.3 is 5.69 Å². The minimum Gasteiger partial charge on any atom is -0.490 e. The Balaban J connectivity index is 1.68. The van der Waals surface area contributed by atoms with Gasteiger partial charge in [-0.1, -0.05) is 0 Å². The second-order valence-electron chi connectivity index (χ2n) is 4.86. The van der Waals surface area contributed by atoms with Gasteiger partial charge in [-0.25, -0.2) is 0 Å². The van der Waals surface area contributed by atoms with Gasteiger partial charge < -0.3 is 19.2 Å². The van der Waals surface area contributed by atoms with Gasteiger partial charge in [-0.15, -0.1) is 0 Å². The number of hydrogen-bond donors (Lipinski definition) is 1. The molecule has 0 saturated heterocycles. The summed E-state index contributed by atoms with van der Waals surface area (Å²) < 4.78 is 15.5. The lowest BCUT2D eigenvalue weighted by Crippen LogP contribution is -2.30. The summed E-state index contributed by atoms with van der Waals surface area (Å²) in [5.74, 6) is 2.53. The zero-order valence-corrected chi connectivity index (χ0v) is 14.4. The Morgan fingerprint density at radius 1 is 1.40 bits per heavy atom. The Labute approximate surface area is 148 Å². The molecule has 0 saturated carbocycles. The second-order valence-corrected chi connectivity index (χ2v) is 5.97. The van der Waals surface area contributed by atoms with E-state index in [1.807, 2.05) is 12.1 Å². The van der Waals surface area contributed by atoms with Crippen LogP contribution in [0.15, 0.2) is 41.0 Å². The maximum atomic E-state index is 11.7. The highest BCUT2D eigenvalue weighted by Gasteiger charge is 2.15. The average molecular weight is 366 g/mol. The Morgan fingerprint density at radius 3 is 2.92 bits per heavy atom. The molecular weight excluding hydrogens is 348 g/mol. The SMILES string of the molecule is COc1cc(OCC(=O)NCCSCc2ccco2)ccc1[N+](=O)[O-]. The summed E-state index contributed by atoms with van der Waals surface area (Å²) >= 11 is 1.65. The van der Waals surface area contributed by atoms with Gasteiger partial charge in [-0.3, -0.25) is 14.9 Å². The Morgan fingerprint density at radius 2 is 2.24 bits per heavy atom. The van der Waals surface area contributed by atoms with Crippen LogP contribution in [0.25, 0.3) is 0 Å². The first kappa shape index (κ1) is 18.7. The quantitative estimate of drug-likeness (QED) is 0.391. The first-order valence-electron chi connectivity index (χ1n) is 7.42. The van der Waals surface area contributed by atoms with Crippen LogP contribution < -0.4 is 14.8 Å². The predicted molar refractivity (Wildman–Crippen MR) is 93.0 cm³/mol. The van der Waals surface area contributed by atoms with Crippen molar-refractivity contribution in [2.75, 3.05) is 26.0 Å². The first-order chi connectivity index (χ1) is 12.1. The standard InChI is InChI=1S/C16H18N2O6S/c1-22-15-9-12(4-5-14(15)18(20)21)24-10-16(19)17-6-8-25-11-13-3-2-7-23-13/h2-5,7,9H,6,8,10-11H2,1H3,(H,17,19). The largest absolute Gasteiger partial charge is 0.490 e. The summed E-state index contributed by atoms with van der Waals surface area (Å²) in [6.07, 6.45) is 1.63. The maximum absolute atomic E-state index is 11.7. The van der Waals surface area contributed by atoms with Gasteiger partial charge in [0, 0.05) is 24.4 Å². The van der Waals surface area contributed by atoms with Crippen LogP contribution >= 0.6 is 11.8 Å². The van der Waals surface area contributed by atoms with Gasteiger partial charge in [0.15, 0.2) is 6.61 Å². The van der Waals surface area contributed by atoms with Crippen molar-refractivity contribution in [2.45, 2.75) is 5.75 Å². The zero-order valence-electron chi connectivity index (χ0n) is 13.6. The van der Waals surface area contributed by atoms with Crippen molar-refractivity contribution >= 4 is 23.4 Å². The van der Waals surface area contributed by atoms with Crippen molar-refractivity contribution in [2.24, 2.45) is 0 Å². The molecule has 9 heteroatoms. The van der Waals surface area contributed by atoms with Gasteiger partial charge in [0.05, 0.1) is 24.0 Å². The van der Waals surface area contributed by atoms with Crippen LogP contribution in [0, 0.1) is 10.1 Å². The minimum atomic E-state index is -0.546. The molecule has 0 aliphatic rings. The fraction of sp³-hybridized carbons (Fsp3) is 0.312. The summed E-state index contributed by atoms with van der Waals surface area (Å²) in [6.45, 7) is 0.334. The summed E-state index contributed by atoms with van der Waals surface area (Å²) in [5, 5.41) is 13.6. The van der Waals surface area contributed by atoms with E-state index in [0.29, 0.717) is 12.3 Å². The summed E-state index contributed by atoms with van der Waals surface area (Å²) in [7, 11) is 1.33. The molecule has 1 aromatic heterocycles. The predicted octanol–water partition coefficient (Wildman–Crippen LogP) is 2.62. The molecule has 8 nitrogen and oxygen atoms in total. The smallest absolute Gasteiger partial charge is 0.311 e. The fourth-order valence-corrected chi connectivity index (χ4v) is 2.68. The van der Waals surface area contributed by atoms with Gasteiger partial charge in [0.25, 0.3) is 5.91 Å². The van der Waals surface area contributed by atoms with E-state index in [-0.39, 0.29) is 24.0 Å². The molecule has 1 amide bonds. The third kappa shape index (κ3) is 6.03. The van der Waals surface area contributed by atoms with Crippen LogP contribution in [0.4, 0.5) is 5.69 Å². The van der Waals surface area contributed by atoms with E-state index >= 15 is 0 Å². The third-order valence-corrected chi connectivity index (χ3v) is 4.09. The van der Waals surface area contributed by atoms with E-state index < -0.39 is 4.92 Å². The Bertz CT molecular complexity index is 705. The molecule has 25 heavy (non-hydrogen) atoms. The Hall–Kier alpha value is -2.68. The van der Waals surface area contributed by atoms with Crippen LogP contribution in [-0.4, -0.2) is 36.8 Å². The van der Waals surface area contributed by atoms with E-state index in [4.69, 9.17) is 13.9 Å². The number of nitro groups is 1. The number of nitrogens with zero attached hydrogens (tertiary/aromatic N) is 1. The van der Waals surface area contributed by atoms with Crippen LogP contribution in [0.1, 0.15) is 5.76 Å². The number of hydrogen-bond acceptors (Lipinski definition) is 7. The monoisotopic (exact) mass is 366 g/mol. The van der Waals surface area contributed by atoms with Crippen molar-refractivity contribution in [1.82, 2.24) is 5.32 Å². The maximum Gasteiger partial charge on any atom is 0.311 e. The number of amides is 1. The van der Waals surface area contributed by atoms with E-state index in [1.54, 1.807) is 18.0 Å². The first-order valence-corrected chi connectivity index (χ1v) is 8.57. The van der Waals surface area contributed by atoms with Crippen molar-refractivity contribution in [3.8, 4) is 11.5 Å². The molecule has 0 bridgehead atoms. The van der Waals surface area contributed by atoms with Gasteiger partial charge in [0.2, 0.25) is 5.75 Å². The lowest BCUT2D eigenvalue weighted by atomic mass is 10.3. The molecule has 2 aromatic rings. The minimum absolute atomic E-state index is 0.0808. The number of methoxy groups -OCH3 is 1. The summed E-state index contributed by atoms with van der Waals surface area (Å²) in [4.78, 5) is 22.0. The number of benzene rings is 1. The highest BCUT2D eigenvalue weighted by atomic mass is 32.2. The van der Waals surface area contributed by atoms with Crippen molar-refractivity contribution in [3.05, 3.63) is 52.5 Å². The van der Waals surface area contributed by atoms with Crippen molar-refractivity contribution in [1.29, 1.82) is 0 Å². The molecule has 2 rings (SSSR count). The van der Waals surface area contributed by atoms with Gasteiger partial charge in [-0.2, -0.15) is 11.8 Å². The van der Waals surface area contributed by atoms with E-state index in [9.17, 15) is 14.9 Å². The van der Waals surface area contributed by atoms with E-state index in [1.165, 1.54) is 25.3 Å². The molecule has 0 radical (unpaired) electrons. The molecule has 0 atom stereocenters. The van der Waals surface area contributed by atoms with Gasteiger partial charge in [-0.05, 0) is 18.2 Å². The lowest BCUT2D eigenvalue weighted by molar-refractivity contribution is -0.385. The highest BCUT2D eigenvalue weighted by Crippen LogP contribution is 2.30. The fourth-order valence-electron chi connectivity index (χ4n) is 1.93. The van der Waals surface area contributed by atoms with Crippen molar-refractivity contribution < 1.29 is 23.6 Å². The molecule has 0 aliphatic carbocycles. The number of ether oxygens (including phenoxy) is 2.